The summed E-state index contributed by atoms with van der Waals surface area (Å²) < 4.78 is 12.4. The van der Waals surface area contributed by atoms with Crippen molar-refractivity contribution in [1.29, 1.82) is 0 Å². The molecule has 0 atom stereocenters. The number of amidine groups is 2. The van der Waals surface area contributed by atoms with E-state index in [1.807, 2.05) is 48.5 Å². The van der Waals surface area contributed by atoms with Crippen LogP contribution < -0.4 is 20.1 Å². The van der Waals surface area contributed by atoms with E-state index in [9.17, 15) is 0 Å². The Morgan fingerprint density at radius 1 is 0.433 bits per heavy atom. The fraction of sp³-hybridized carbons (Fsp3) is 0.308. The van der Waals surface area contributed by atoms with Crippen molar-refractivity contribution in [3.63, 3.8) is 0 Å². The summed E-state index contributed by atoms with van der Waals surface area (Å²) in [6, 6.07) is 41.0. The Bertz CT molecular complexity index is 2340. The topological polar surface area (TPSA) is 93.0 Å². The molecule has 0 spiro atoms. The lowest BCUT2D eigenvalue weighted by Gasteiger charge is -2.13. The molecule has 4 heterocycles. The van der Waals surface area contributed by atoms with Crippen LogP contribution >= 0.6 is 0 Å². The molecule has 2 aliphatic rings. The number of aliphatic imine (C=N–C) groups is 2. The first-order valence-electron chi connectivity index (χ1n) is 22.1. The lowest BCUT2D eigenvalue weighted by molar-refractivity contribution is 0.304. The van der Waals surface area contributed by atoms with Gasteiger partial charge in [-0.05, 0) is 109 Å². The molecule has 2 aromatic heterocycles. The largest absolute Gasteiger partial charge is 0.494 e. The molecule has 306 valence electrons. The van der Waals surface area contributed by atoms with Gasteiger partial charge in [-0.15, -0.1) is 0 Å². The van der Waals surface area contributed by atoms with Crippen LogP contribution in [0.25, 0.3) is 33.2 Å². The van der Waals surface area contributed by atoms with Gasteiger partial charge < -0.3 is 20.1 Å². The van der Waals surface area contributed by atoms with Crippen LogP contribution in [-0.4, -0.2) is 34.9 Å². The zero-order chi connectivity index (χ0) is 40.9. The predicted octanol–water partition coefficient (Wildman–Crippen LogP) is 13.1. The van der Waals surface area contributed by atoms with Crippen LogP contribution in [0.2, 0.25) is 0 Å². The number of nitrogens with zero attached hydrogens (tertiary/aromatic N) is 4. The molecule has 0 fully saturated rings. The van der Waals surface area contributed by atoms with Gasteiger partial charge in [-0.1, -0.05) is 114 Å². The molecule has 2 N–H and O–H groups in total. The number of nitrogens with one attached hydrogen (secondary N) is 2. The van der Waals surface area contributed by atoms with Gasteiger partial charge in [0.2, 0.25) is 0 Å². The number of ether oxygens (including phenoxy) is 2. The van der Waals surface area contributed by atoms with Gasteiger partial charge >= 0.3 is 0 Å². The van der Waals surface area contributed by atoms with Crippen molar-refractivity contribution >= 4 is 56.5 Å². The maximum absolute atomic E-state index is 6.19. The van der Waals surface area contributed by atoms with Gasteiger partial charge in [0.15, 0.2) is 11.6 Å². The zero-order valence-electron chi connectivity index (χ0n) is 35.1. The van der Waals surface area contributed by atoms with Gasteiger partial charge in [0.1, 0.15) is 23.2 Å². The highest BCUT2D eigenvalue weighted by atomic mass is 16.5. The minimum Gasteiger partial charge on any atom is -0.494 e. The molecule has 0 saturated heterocycles. The third-order valence-corrected chi connectivity index (χ3v) is 11.1. The van der Waals surface area contributed by atoms with Crippen molar-refractivity contribution in [2.24, 2.45) is 9.98 Å². The predicted molar refractivity (Wildman–Crippen MR) is 248 cm³/mol. The first-order chi connectivity index (χ1) is 29.7. The number of rotatable bonds is 20. The fourth-order valence-electron chi connectivity index (χ4n) is 7.86. The van der Waals surface area contributed by atoms with Gasteiger partial charge in [0, 0.05) is 10.8 Å². The molecule has 8 nitrogen and oxygen atoms in total. The fourth-order valence-corrected chi connectivity index (χ4v) is 7.86. The Balaban J connectivity index is 1.15. The van der Waals surface area contributed by atoms with Gasteiger partial charge in [-0.25, -0.2) is 20.0 Å². The van der Waals surface area contributed by atoms with Crippen LogP contribution in [-0.2, 0) is 0 Å². The highest BCUT2D eigenvalue weighted by molar-refractivity contribution is 6.33. The van der Waals surface area contributed by atoms with E-state index in [-0.39, 0.29) is 0 Å². The second-order valence-corrected chi connectivity index (χ2v) is 15.7. The molecule has 8 heteroatoms. The molecule has 0 saturated carbocycles. The molecule has 0 radical (unpaired) electrons. The van der Waals surface area contributed by atoms with Crippen LogP contribution in [0.4, 0.5) is 11.6 Å². The van der Waals surface area contributed by atoms with E-state index < -0.39 is 0 Å². The standard InChI is InChI=1S/C52H56N6O2/c1-3-5-7-9-11-17-35-59-41-29-23-39(24-30-41)49-47-48(52(57-49)56-46-34-28-38-20-14-16-22-44(38)54-46)50(40-25-31-42(32-26-40)60-36-18-12-10-8-6-4-2)58-51(47)55-45-33-27-37-19-13-15-21-43(37)53-45/h13-16,19-34H,3-12,17-18,35-36H2,1-2H3,(H,54,56,57)(H,53,55,58). The molecule has 4 aromatic carbocycles. The summed E-state index contributed by atoms with van der Waals surface area (Å²) in [7, 11) is 0. The summed E-state index contributed by atoms with van der Waals surface area (Å²) in [5.74, 6) is 4.32. The lowest BCUT2D eigenvalue weighted by atomic mass is 10.0. The summed E-state index contributed by atoms with van der Waals surface area (Å²) in [5, 5.41) is 9.61. The number of fused-ring (bicyclic) bond motifs is 3. The molecule has 6 aromatic rings. The van der Waals surface area contributed by atoms with Gasteiger partial charge in [0.25, 0.3) is 0 Å². The first-order valence-corrected chi connectivity index (χ1v) is 22.1. The smallest absolute Gasteiger partial charge is 0.154 e. The highest BCUT2D eigenvalue weighted by Gasteiger charge is 2.39. The number of unbranched alkanes of at least 4 members (excludes halogenated alkanes) is 10. The number of aromatic nitrogens is 2. The summed E-state index contributed by atoms with van der Waals surface area (Å²) in [6.07, 6.45) is 14.8. The van der Waals surface area contributed by atoms with Crippen molar-refractivity contribution in [3.8, 4) is 11.5 Å². The summed E-state index contributed by atoms with van der Waals surface area (Å²) in [4.78, 5) is 20.3. The Labute approximate surface area is 354 Å². The molecular weight excluding hydrogens is 741 g/mol. The third kappa shape index (κ3) is 9.94. The minimum absolute atomic E-state index is 0.613. The Morgan fingerprint density at radius 3 is 1.27 bits per heavy atom. The van der Waals surface area contributed by atoms with Crippen molar-refractivity contribution in [2.45, 2.75) is 90.9 Å². The Hall–Kier alpha value is -6.28. The van der Waals surface area contributed by atoms with Crippen LogP contribution in [0.3, 0.4) is 0 Å². The Morgan fingerprint density at radius 2 is 0.833 bits per heavy atom. The zero-order valence-corrected chi connectivity index (χ0v) is 35.1. The van der Waals surface area contributed by atoms with Crippen molar-refractivity contribution in [2.75, 3.05) is 13.2 Å². The second kappa shape index (κ2) is 20.1. The molecule has 0 aliphatic carbocycles. The minimum atomic E-state index is 0.613. The normalized spacial score (nSPS) is 15.0. The van der Waals surface area contributed by atoms with Crippen LogP contribution in [0.1, 0.15) is 102 Å². The third-order valence-electron chi connectivity index (χ3n) is 11.1. The SMILES string of the molecule is CCCCCCCCOc1ccc(C2=C3C(=Nc4ccc5ccccc5n4)NC(c4ccc(OCCCCCCCC)cc4)=C3C(=Nc3ccc4ccccc4n3)N2)cc1. The second-order valence-electron chi connectivity index (χ2n) is 15.7. The molecule has 0 bridgehead atoms. The molecule has 0 amide bonds. The van der Waals surface area contributed by atoms with E-state index in [1.54, 1.807) is 0 Å². The molecule has 0 unspecified atom stereocenters. The molecule has 60 heavy (non-hydrogen) atoms. The molecule has 8 rings (SSSR count). The van der Waals surface area contributed by atoms with E-state index in [0.717, 1.165) is 79.8 Å². The number of para-hydroxylation sites is 2. The first kappa shape index (κ1) is 40.5. The van der Waals surface area contributed by atoms with Gasteiger partial charge in [-0.2, -0.15) is 0 Å². The molecule has 2 aliphatic heterocycles. The quantitative estimate of drug-likeness (QED) is 0.0748. The van der Waals surface area contributed by atoms with E-state index in [1.165, 1.54) is 64.2 Å². The molecular formula is C52H56N6O2. The van der Waals surface area contributed by atoms with E-state index in [2.05, 4.69) is 97.3 Å². The maximum atomic E-state index is 6.19. The van der Waals surface area contributed by atoms with Crippen LogP contribution in [0.5, 0.6) is 11.5 Å². The van der Waals surface area contributed by atoms with E-state index in [4.69, 9.17) is 29.4 Å². The monoisotopic (exact) mass is 796 g/mol. The average molecular weight is 797 g/mol. The number of benzene rings is 4. The van der Waals surface area contributed by atoms with Crippen LogP contribution in [0, 0.1) is 0 Å². The van der Waals surface area contributed by atoms with Crippen molar-refractivity contribution in [3.05, 3.63) is 144 Å². The number of hydrogen-bond donors (Lipinski definition) is 2. The summed E-state index contributed by atoms with van der Waals surface area (Å²) in [5.41, 5.74) is 7.40. The van der Waals surface area contributed by atoms with Crippen molar-refractivity contribution < 1.29 is 9.47 Å². The number of hydrogen-bond acceptors (Lipinski definition) is 6. The van der Waals surface area contributed by atoms with Gasteiger partial charge in [-0.3, -0.25) is 0 Å². The lowest BCUT2D eigenvalue weighted by Crippen LogP contribution is -2.22. The van der Waals surface area contributed by atoms with Crippen LogP contribution in [0.15, 0.2) is 142 Å². The number of pyridine rings is 2. The maximum Gasteiger partial charge on any atom is 0.154 e. The van der Waals surface area contributed by atoms with E-state index in [0.29, 0.717) is 36.5 Å². The average Bonchev–Trinajstić information content (AvgIpc) is 3.84. The van der Waals surface area contributed by atoms with Gasteiger partial charge in [0.05, 0.1) is 46.8 Å². The summed E-state index contributed by atoms with van der Waals surface area (Å²) >= 11 is 0. The summed E-state index contributed by atoms with van der Waals surface area (Å²) in [6.45, 7) is 5.93. The van der Waals surface area contributed by atoms with E-state index >= 15 is 0 Å². The Kier molecular flexibility index (Phi) is 13.6. The van der Waals surface area contributed by atoms with Crippen molar-refractivity contribution in [1.82, 2.24) is 20.6 Å². The highest BCUT2D eigenvalue weighted by Crippen LogP contribution is 2.40.